The first-order valence-electron chi connectivity index (χ1n) is 6.73. The maximum absolute atomic E-state index is 9.47. The third kappa shape index (κ3) is 2.01. The largest absolute Gasteiger partial charge is 0.301 e. The summed E-state index contributed by atoms with van der Waals surface area (Å²) in [4.78, 5) is 2.18. The average Bonchev–Trinajstić information content (AvgIpc) is 3.19. The van der Waals surface area contributed by atoms with Crippen LogP contribution in [0.25, 0.3) is 10.8 Å². The van der Waals surface area contributed by atoms with Crippen LogP contribution in [0.2, 0.25) is 0 Å². The molecule has 0 N–H and O–H groups in total. The van der Waals surface area contributed by atoms with Crippen LogP contribution in [-0.4, -0.2) is 19.0 Å². The average molecular weight is 250 g/mol. The van der Waals surface area contributed by atoms with Crippen LogP contribution in [0.1, 0.15) is 24.4 Å². The molecule has 2 aromatic rings. The van der Waals surface area contributed by atoms with Gasteiger partial charge in [-0.2, -0.15) is 5.26 Å². The number of nitrogens with zero attached hydrogens (tertiary/aromatic N) is 2. The number of fused-ring (bicyclic) bond motifs is 1. The molecule has 1 saturated carbocycles. The lowest BCUT2D eigenvalue weighted by Crippen LogP contribution is -2.27. The highest BCUT2D eigenvalue weighted by Crippen LogP contribution is 2.56. The summed E-state index contributed by atoms with van der Waals surface area (Å²) >= 11 is 0. The predicted octanol–water partition coefficient (Wildman–Crippen LogP) is 3.75. The molecule has 3 rings (SSSR count). The zero-order valence-corrected chi connectivity index (χ0v) is 11.4. The third-order valence-corrected chi connectivity index (χ3v) is 4.14. The molecule has 0 spiro atoms. The van der Waals surface area contributed by atoms with Crippen molar-refractivity contribution in [2.75, 3.05) is 14.1 Å². The van der Waals surface area contributed by atoms with E-state index in [0.717, 1.165) is 12.8 Å². The number of nitriles is 1. The van der Waals surface area contributed by atoms with Gasteiger partial charge in [0.1, 0.15) is 0 Å². The Balaban J connectivity index is 2.09. The second-order valence-electron chi connectivity index (χ2n) is 5.74. The van der Waals surface area contributed by atoms with Crippen LogP contribution in [0.3, 0.4) is 0 Å². The summed E-state index contributed by atoms with van der Waals surface area (Å²) in [6, 6.07) is 17.7. The van der Waals surface area contributed by atoms with Crippen LogP contribution in [-0.2, 0) is 0 Å². The van der Waals surface area contributed by atoms with Crippen molar-refractivity contribution in [1.82, 2.24) is 4.90 Å². The van der Waals surface area contributed by atoms with Crippen LogP contribution >= 0.6 is 0 Å². The van der Waals surface area contributed by atoms with Gasteiger partial charge >= 0.3 is 0 Å². The lowest BCUT2D eigenvalue weighted by atomic mass is 9.89. The molecule has 0 saturated heterocycles. The van der Waals surface area contributed by atoms with E-state index in [1.165, 1.54) is 16.3 Å². The first-order valence-corrected chi connectivity index (χ1v) is 6.73. The van der Waals surface area contributed by atoms with Crippen molar-refractivity contribution in [2.45, 2.75) is 18.9 Å². The lowest BCUT2D eigenvalue weighted by molar-refractivity contribution is 0.232. The van der Waals surface area contributed by atoms with E-state index in [1.54, 1.807) is 0 Å². The summed E-state index contributed by atoms with van der Waals surface area (Å²) in [6.45, 7) is 0. The molecule has 2 heteroatoms. The van der Waals surface area contributed by atoms with Crippen LogP contribution in [0, 0.1) is 16.7 Å². The van der Waals surface area contributed by atoms with Crippen LogP contribution in [0.5, 0.6) is 0 Å². The van der Waals surface area contributed by atoms with E-state index >= 15 is 0 Å². The van der Waals surface area contributed by atoms with Crippen molar-refractivity contribution >= 4 is 10.8 Å². The Bertz CT molecular complexity index is 648. The molecular formula is C17H18N2. The first-order chi connectivity index (χ1) is 9.16. The summed E-state index contributed by atoms with van der Waals surface area (Å²) < 4.78 is 0. The highest BCUT2D eigenvalue weighted by Gasteiger charge is 2.51. The molecule has 0 aromatic heterocycles. The van der Waals surface area contributed by atoms with Gasteiger partial charge in [-0.25, -0.2) is 0 Å². The molecule has 1 aliphatic rings. The third-order valence-electron chi connectivity index (χ3n) is 4.14. The Morgan fingerprint density at radius 1 is 1.11 bits per heavy atom. The first kappa shape index (κ1) is 12.2. The Kier molecular flexibility index (Phi) is 2.80. The van der Waals surface area contributed by atoms with Gasteiger partial charge in [0.05, 0.1) is 17.5 Å². The molecule has 19 heavy (non-hydrogen) atoms. The van der Waals surface area contributed by atoms with Gasteiger partial charge in [-0.05, 0) is 49.3 Å². The molecule has 2 aromatic carbocycles. The van der Waals surface area contributed by atoms with Gasteiger partial charge < -0.3 is 4.90 Å². The zero-order chi connectivity index (χ0) is 13.5. The quantitative estimate of drug-likeness (QED) is 0.829. The van der Waals surface area contributed by atoms with E-state index in [4.69, 9.17) is 0 Å². The number of rotatable bonds is 3. The van der Waals surface area contributed by atoms with Crippen LogP contribution in [0.15, 0.2) is 42.5 Å². The summed E-state index contributed by atoms with van der Waals surface area (Å²) in [5, 5.41) is 12.0. The molecule has 2 nitrogen and oxygen atoms in total. The highest BCUT2D eigenvalue weighted by atomic mass is 15.1. The van der Waals surface area contributed by atoms with Gasteiger partial charge in [0.15, 0.2) is 0 Å². The minimum Gasteiger partial charge on any atom is -0.301 e. The molecule has 1 atom stereocenters. The van der Waals surface area contributed by atoms with Crippen molar-refractivity contribution in [3.63, 3.8) is 0 Å². The van der Waals surface area contributed by atoms with Gasteiger partial charge in [-0.1, -0.05) is 36.4 Å². The van der Waals surface area contributed by atoms with E-state index in [9.17, 15) is 5.26 Å². The van der Waals surface area contributed by atoms with Crippen LogP contribution < -0.4 is 0 Å². The fourth-order valence-corrected chi connectivity index (χ4v) is 3.07. The summed E-state index contributed by atoms with van der Waals surface area (Å²) in [7, 11) is 4.13. The van der Waals surface area contributed by atoms with E-state index < -0.39 is 0 Å². The van der Waals surface area contributed by atoms with Crippen LogP contribution in [0.4, 0.5) is 0 Å². The second-order valence-corrected chi connectivity index (χ2v) is 5.74. The number of hydrogen-bond acceptors (Lipinski definition) is 2. The van der Waals surface area contributed by atoms with Gasteiger partial charge in [-0.3, -0.25) is 0 Å². The van der Waals surface area contributed by atoms with Gasteiger partial charge in [-0.15, -0.1) is 0 Å². The normalized spacial score (nSPS) is 18.2. The van der Waals surface area contributed by atoms with Crippen molar-refractivity contribution in [3.05, 3.63) is 48.0 Å². The molecular weight excluding hydrogens is 232 g/mol. The molecule has 0 amide bonds. The molecule has 0 heterocycles. The van der Waals surface area contributed by atoms with E-state index in [-0.39, 0.29) is 11.5 Å². The Labute approximate surface area is 114 Å². The van der Waals surface area contributed by atoms with E-state index in [2.05, 4.69) is 67.5 Å². The SMILES string of the molecule is CN(C)C(c1ccc2ccccc2c1)C1(C#N)CC1. The van der Waals surface area contributed by atoms with Crippen molar-refractivity contribution < 1.29 is 0 Å². The van der Waals surface area contributed by atoms with E-state index in [1.807, 2.05) is 0 Å². The lowest BCUT2D eigenvalue weighted by Gasteiger charge is -2.29. The standard InChI is InChI=1S/C17H18N2/c1-19(2)16(17(12-18)9-10-17)15-8-7-13-5-3-4-6-14(13)11-15/h3-8,11,16H,9-10H2,1-2H3. The molecule has 0 radical (unpaired) electrons. The van der Waals surface area contributed by atoms with Crippen molar-refractivity contribution in [3.8, 4) is 6.07 Å². The minimum absolute atomic E-state index is 0.175. The Morgan fingerprint density at radius 2 is 1.79 bits per heavy atom. The Morgan fingerprint density at radius 3 is 2.37 bits per heavy atom. The maximum atomic E-state index is 9.47. The minimum atomic E-state index is -0.175. The molecule has 1 fully saturated rings. The summed E-state index contributed by atoms with van der Waals surface area (Å²) in [6.07, 6.45) is 2.03. The predicted molar refractivity (Wildman–Crippen MR) is 77.7 cm³/mol. The topological polar surface area (TPSA) is 27.0 Å². The van der Waals surface area contributed by atoms with Gasteiger partial charge in [0, 0.05) is 0 Å². The monoisotopic (exact) mass is 250 g/mol. The summed E-state index contributed by atoms with van der Waals surface area (Å²) in [5.74, 6) is 0. The zero-order valence-electron chi connectivity index (χ0n) is 11.4. The molecule has 0 aliphatic heterocycles. The fourth-order valence-electron chi connectivity index (χ4n) is 3.07. The summed E-state index contributed by atoms with van der Waals surface area (Å²) in [5.41, 5.74) is 1.08. The molecule has 96 valence electrons. The smallest absolute Gasteiger partial charge is 0.0771 e. The maximum Gasteiger partial charge on any atom is 0.0771 e. The molecule has 0 bridgehead atoms. The van der Waals surface area contributed by atoms with Crippen molar-refractivity contribution in [1.29, 1.82) is 5.26 Å². The highest BCUT2D eigenvalue weighted by molar-refractivity contribution is 5.83. The number of benzene rings is 2. The number of hydrogen-bond donors (Lipinski definition) is 0. The molecule has 1 aliphatic carbocycles. The van der Waals surface area contributed by atoms with Gasteiger partial charge in [0.2, 0.25) is 0 Å². The Hall–Kier alpha value is -1.85. The van der Waals surface area contributed by atoms with Crippen molar-refractivity contribution in [2.24, 2.45) is 5.41 Å². The van der Waals surface area contributed by atoms with Gasteiger partial charge in [0.25, 0.3) is 0 Å². The molecule has 1 unspecified atom stereocenters. The van der Waals surface area contributed by atoms with E-state index in [0.29, 0.717) is 0 Å². The fraction of sp³-hybridized carbons (Fsp3) is 0.353. The second kappa shape index (κ2) is 4.36.